The van der Waals surface area contributed by atoms with Gasteiger partial charge < -0.3 is 20.9 Å². The van der Waals surface area contributed by atoms with Crippen LogP contribution in [0.4, 0.5) is 4.39 Å². The van der Waals surface area contributed by atoms with Crippen LogP contribution in [0.3, 0.4) is 0 Å². The van der Waals surface area contributed by atoms with Gasteiger partial charge >= 0.3 is 0 Å². The Labute approximate surface area is 224 Å². The summed E-state index contributed by atoms with van der Waals surface area (Å²) in [6.45, 7) is 7.06. The van der Waals surface area contributed by atoms with Crippen molar-refractivity contribution in [3.8, 4) is 17.0 Å². The van der Waals surface area contributed by atoms with Crippen molar-refractivity contribution in [2.24, 2.45) is 5.73 Å². The second-order valence-corrected chi connectivity index (χ2v) is 10.7. The van der Waals surface area contributed by atoms with E-state index in [0.717, 1.165) is 10.9 Å². The van der Waals surface area contributed by atoms with Crippen LogP contribution in [0.5, 0.6) is 5.75 Å². The van der Waals surface area contributed by atoms with Crippen LogP contribution in [0.2, 0.25) is 0 Å². The van der Waals surface area contributed by atoms with Crippen molar-refractivity contribution in [2.45, 2.75) is 44.8 Å². The topological polar surface area (TPSA) is 132 Å². The minimum Gasteiger partial charge on any atom is -0.489 e. The van der Waals surface area contributed by atoms with Gasteiger partial charge in [0.05, 0.1) is 17.8 Å². The Morgan fingerprint density at radius 2 is 1.95 bits per heavy atom. The number of nitrogens with two attached hydrogens (primary N) is 1. The van der Waals surface area contributed by atoms with Gasteiger partial charge in [0.2, 0.25) is 5.91 Å². The number of halogens is 1. The molecule has 2 atom stereocenters. The monoisotopic (exact) mass is 531 g/mol. The van der Waals surface area contributed by atoms with Crippen molar-refractivity contribution in [3.63, 3.8) is 0 Å². The molecule has 0 saturated carbocycles. The first kappa shape index (κ1) is 26.3. The van der Waals surface area contributed by atoms with Gasteiger partial charge in [-0.1, -0.05) is 0 Å². The lowest BCUT2D eigenvalue weighted by Crippen LogP contribution is -2.41. The Balaban J connectivity index is 1.46. The number of carbonyl (C=O) groups excluding carboxylic acids is 2. The van der Waals surface area contributed by atoms with Gasteiger partial charge in [-0.05, 0) is 76.2 Å². The number of fused-ring (bicyclic) bond motifs is 2. The van der Waals surface area contributed by atoms with E-state index in [2.05, 4.69) is 15.4 Å². The highest BCUT2D eigenvalue weighted by Crippen LogP contribution is 2.45. The van der Waals surface area contributed by atoms with Gasteiger partial charge in [-0.2, -0.15) is 5.10 Å². The summed E-state index contributed by atoms with van der Waals surface area (Å²) in [6.07, 6.45) is 1.89. The number of primary amides is 1. The molecule has 5 rings (SSSR count). The number of rotatable bonds is 7. The van der Waals surface area contributed by atoms with E-state index in [1.165, 1.54) is 19.1 Å². The first-order chi connectivity index (χ1) is 18.4. The maximum Gasteiger partial charge on any atom is 0.251 e. The van der Waals surface area contributed by atoms with Crippen LogP contribution in [-0.4, -0.2) is 44.8 Å². The van der Waals surface area contributed by atoms with Gasteiger partial charge in [-0.3, -0.25) is 14.3 Å². The molecule has 2 aromatic carbocycles. The Kier molecular flexibility index (Phi) is 6.38. The summed E-state index contributed by atoms with van der Waals surface area (Å²) in [7, 11) is 0. The third kappa shape index (κ3) is 4.72. The number of hydrogen-bond acceptors (Lipinski definition) is 6. The van der Waals surface area contributed by atoms with Crippen molar-refractivity contribution in [1.82, 2.24) is 20.1 Å². The molecule has 4 N–H and O–H groups in total. The van der Waals surface area contributed by atoms with E-state index < -0.39 is 22.7 Å². The number of nitrogens with zero attached hydrogens (tertiary/aromatic N) is 3. The van der Waals surface area contributed by atoms with Crippen LogP contribution >= 0.6 is 0 Å². The Hall–Kier alpha value is -4.31. The molecule has 0 saturated heterocycles. The van der Waals surface area contributed by atoms with E-state index in [9.17, 15) is 19.1 Å². The molecule has 0 bridgehead atoms. The molecule has 10 heteroatoms. The summed E-state index contributed by atoms with van der Waals surface area (Å²) in [5, 5.41) is 19.6. The number of aliphatic hydroxyl groups is 1. The second-order valence-electron chi connectivity index (χ2n) is 10.7. The molecule has 0 aliphatic carbocycles. The van der Waals surface area contributed by atoms with E-state index in [1.54, 1.807) is 43.3 Å². The zero-order valence-corrected chi connectivity index (χ0v) is 22.2. The Bertz CT molecular complexity index is 1600. The van der Waals surface area contributed by atoms with E-state index in [4.69, 9.17) is 10.5 Å². The second kappa shape index (κ2) is 9.46. The molecule has 3 heterocycles. The van der Waals surface area contributed by atoms with Crippen molar-refractivity contribution in [1.29, 1.82) is 0 Å². The van der Waals surface area contributed by atoms with E-state index in [0.29, 0.717) is 28.1 Å². The SMILES string of the molecule is CC(C)n1cc2cc(C(=O)NC[C@](C)(O)c3cc4c(c(-c5ccc(F)cc5)n3)OC[C@]4(C)C(N)=O)ccc2n1. The average molecular weight is 532 g/mol. The molecule has 0 unspecified atom stereocenters. The first-order valence-electron chi connectivity index (χ1n) is 12.6. The Morgan fingerprint density at radius 1 is 1.23 bits per heavy atom. The molecule has 1 aliphatic heterocycles. The fraction of sp³-hybridized carbons (Fsp3) is 0.310. The summed E-state index contributed by atoms with van der Waals surface area (Å²) in [4.78, 5) is 30.1. The maximum atomic E-state index is 13.6. The van der Waals surface area contributed by atoms with Crippen LogP contribution in [-0.2, 0) is 15.8 Å². The van der Waals surface area contributed by atoms with E-state index in [-0.39, 0.29) is 30.8 Å². The van der Waals surface area contributed by atoms with Gasteiger partial charge in [0.15, 0.2) is 0 Å². The zero-order chi connectivity index (χ0) is 28.1. The van der Waals surface area contributed by atoms with Crippen LogP contribution < -0.4 is 15.8 Å². The van der Waals surface area contributed by atoms with E-state index >= 15 is 0 Å². The van der Waals surface area contributed by atoms with Crippen molar-refractivity contribution < 1.29 is 23.8 Å². The minimum absolute atomic E-state index is 0.00570. The molecule has 2 amide bonds. The number of ether oxygens (including phenoxy) is 1. The Morgan fingerprint density at radius 3 is 2.62 bits per heavy atom. The molecule has 0 radical (unpaired) electrons. The summed E-state index contributed by atoms with van der Waals surface area (Å²) in [5.41, 5.74) is 5.69. The number of benzene rings is 2. The van der Waals surface area contributed by atoms with Crippen molar-refractivity contribution >= 4 is 22.7 Å². The summed E-state index contributed by atoms with van der Waals surface area (Å²) in [6, 6.07) is 12.6. The molecule has 0 fully saturated rings. The highest BCUT2D eigenvalue weighted by Gasteiger charge is 2.45. The fourth-order valence-electron chi connectivity index (χ4n) is 4.56. The lowest BCUT2D eigenvalue weighted by molar-refractivity contribution is -0.123. The van der Waals surface area contributed by atoms with Gasteiger partial charge in [0.25, 0.3) is 5.91 Å². The highest BCUT2D eigenvalue weighted by molar-refractivity contribution is 5.98. The van der Waals surface area contributed by atoms with Crippen LogP contribution in [0.1, 0.15) is 55.4 Å². The number of pyridine rings is 1. The lowest BCUT2D eigenvalue weighted by Gasteiger charge is -2.26. The number of nitrogens with one attached hydrogen (secondary N) is 1. The summed E-state index contributed by atoms with van der Waals surface area (Å²) < 4.78 is 21.3. The first-order valence-corrected chi connectivity index (χ1v) is 12.6. The molecular weight excluding hydrogens is 501 g/mol. The summed E-state index contributed by atoms with van der Waals surface area (Å²) >= 11 is 0. The van der Waals surface area contributed by atoms with Crippen LogP contribution in [0, 0.1) is 5.82 Å². The molecule has 202 valence electrons. The van der Waals surface area contributed by atoms with Gasteiger partial charge in [-0.25, -0.2) is 9.37 Å². The lowest BCUT2D eigenvalue weighted by atomic mass is 9.82. The molecular formula is C29H30FN5O4. The van der Waals surface area contributed by atoms with Crippen molar-refractivity contribution in [3.05, 3.63) is 77.4 Å². The zero-order valence-electron chi connectivity index (χ0n) is 22.2. The molecule has 1 aliphatic rings. The predicted molar refractivity (Wildman–Crippen MR) is 144 cm³/mol. The maximum absolute atomic E-state index is 13.6. The number of aromatic nitrogens is 3. The number of hydrogen-bond donors (Lipinski definition) is 3. The largest absolute Gasteiger partial charge is 0.489 e. The van der Waals surface area contributed by atoms with Crippen LogP contribution in [0.25, 0.3) is 22.2 Å². The standard InChI is InChI=1S/C29H30FN5O4/c1-16(2)35-13-19-11-18(7-10-22(19)34-35)26(36)32-14-29(4,38)23-12-21-25(39-15-28(21,3)27(31)37)24(33-23)17-5-8-20(30)9-6-17/h5-13,16,38H,14-15H2,1-4H3,(H2,31,37)(H,32,36)/t28-,29-/m0/s1. The third-order valence-corrected chi connectivity index (χ3v) is 7.19. The molecule has 2 aromatic heterocycles. The van der Waals surface area contributed by atoms with Gasteiger partial charge in [-0.15, -0.1) is 0 Å². The smallest absolute Gasteiger partial charge is 0.251 e. The number of carbonyl (C=O) groups is 2. The highest BCUT2D eigenvalue weighted by atomic mass is 19.1. The van der Waals surface area contributed by atoms with Crippen molar-refractivity contribution in [2.75, 3.05) is 13.2 Å². The molecule has 9 nitrogen and oxygen atoms in total. The predicted octanol–water partition coefficient (Wildman–Crippen LogP) is 3.59. The van der Waals surface area contributed by atoms with Gasteiger partial charge in [0, 0.05) is 34.3 Å². The van der Waals surface area contributed by atoms with Gasteiger partial charge in [0.1, 0.15) is 34.9 Å². The third-order valence-electron chi connectivity index (χ3n) is 7.19. The minimum atomic E-state index is -1.63. The fourth-order valence-corrected chi connectivity index (χ4v) is 4.56. The quantitative estimate of drug-likeness (QED) is 0.334. The molecule has 39 heavy (non-hydrogen) atoms. The molecule has 4 aromatic rings. The average Bonchev–Trinajstić information content (AvgIpc) is 3.49. The van der Waals surface area contributed by atoms with Crippen LogP contribution in [0.15, 0.2) is 54.7 Å². The summed E-state index contributed by atoms with van der Waals surface area (Å²) in [5.74, 6) is -1.03. The van der Waals surface area contributed by atoms with E-state index in [1.807, 2.05) is 24.7 Å². The molecule has 0 spiro atoms. The normalized spacial score (nSPS) is 18.0. The number of amides is 2.